The van der Waals surface area contributed by atoms with Crippen LogP contribution < -0.4 is 11.5 Å². The van der Waals surface area contributed by atoms with Gasteiger partial charge in [-0.15, -0.1) is 11.1 Å². The third kappa shape index (κ3) is 5.47. The van der Waals surface area contributed by atoms with Crippen LogP contribution in [0.2, 0.25) is 33.2 Å². The van der Waals surface area contributed by atoms with Crippen molar-refractivity contribution in [3.63, 3.8) is 0 Å². The van der Waals surface area contributed by atoms with E-state index in [-0.39, 0.29) is 11.8 Å². The number of hydrogen-bond acceptors (Lipinski definition) is 4. The molecule has 54 heavy (non-hydrogen) atoms. The Hall–Kier alpha value is -4.37. The molecule has 0 amide bonds. The molecule has 0 saturated carbocycles. The number of anilines is 2. The second kappa shape index (κ2) is 13.7. The Bertz CT molecular complexity index is 2170. The van der Waals surface area contributed by atoms with Gasteiger partial charge in [0.05, 0.1) is 33.5 Å². The molecule has 5 aromatic rings. The highest BCUT2D eigenvalue weighted by Crippen LogP contribution is 2.56. The first-order valence-corrected chi connectivity index (χ1v) is 24.6. The van der Waals surface area contributed by atoms with Gasteiger partial charge in [0.15, 0.2) is 0 Å². The number of hydrogen-bond donors (Lipinski definition) is 2. The predicted octanol–water partition coefficient (Wildman–Crippen LogP) is 12.1. The fourth-order valence-corrected chi connectivity index (χ4v) is 21.5. The molecule has 4 N–H and O–H groups in total. The molecule has 0 unspecified atom stereocenters. The monoisotopic (exact) mass is 746 g/mol. The van der Waals surface area contributed by atoms with Crippen molar-refractivity contribution in [2.24, 2.45) is 0 Å². The molecule has 278 valence electrons. The summed E-state index contributed by atoms with van der Waals surface area (Å²) >= 11 is 0. The fourth-order valence-electron chi connectivity index (χ4n) is 11.0. The molecular formula is C48H58N4Si2. The van der Waals surface area contributed by atoms with E-state index in [4.69, 9.17) is 21.4 Å². The molecule has 1 aromatic heterocycles. The quantitative estimate of drug-likeness (QED) is 0.0769. The molecule has 3 aliphatic carbocycles. The summed E-state index contributed by atoms with van der Waals surface area (Å²) in [5, 5.41) is 0. The molecule has 4 nitrogen and oxygen atoms in total. The van der Waals surface area contributed by atoms with Gasteiger partial charge in [0.2, 0.25) is 0 Å². The van der Waals surface area contributed by atoms with Crippen LogP contribution in [-0.2, 0) is 0 Å². The van der Waals surface area contributed by atoms with Gasteiger partial charge in [-0.05, 0) is 78.8 Å². The summed E-state index contributed by atoms with van der Waals surface area (Å²) in [4.78, 5) is 11.0. The van der Waals surface area contributed by atoms with E-state index in [1.165, 1.54) is 33.4 Å². The normalized spacial score (nSPS) is 16.3. The van der Waals surface area contributed by atoms with Crippen LogP contribution in [0.3, 0.4) is 0 Å². The van der Waals surface area contributed by atoms with Gasteiger partial charge in [-0.25, -0.2) is 9.97 Å². The first-order chi connectivity index (χ1) is 25.6. The molecule has 0 radical (unpaired) electrons. The minimum Gasteiger partial charge on any atom is -0.396 e. The second-order valence-corrected chi connectivity index (χ2v) is 29.0. The average molecular weight is 747 g/mol. The summed E-state index contributed by atoms with van der Waals surface area (Å²) in [6.45, 7) is 28.1. The van der Waals surface area contributed by atoms with E-state index >= 15 is 0 Å². The number of rotatable bonds is 6. The summed E-state index contributed by atoms with van der Waals surface area (Å²) < 4.78 is 0. The molecule has 8 rings (SSSR count). The van der Waals surface area contributed by atoms with E-state index in [0.29, 0.717) is 66.8 Å². The van der Waals surface area contributed by atoms with Gasteiger partial charge in [-0.3, -0.25) is 0 Å². The van der Waals surface area contributed by atoms with Crippen LogP contribution in [0.5, 0.6) is 0 Å². The van der Waals surface area contributed by atoms with Crippen LogP contribution in [0.4, 0.5) is 11.4 Å². The van der Waals surface area contributed by atoms with Crippen molar-refractivity contribution in [3.05, 3.63) is 105 Å². The average Bonchev–Trinajstić information content (AvgIpc) is 3.12. The number of nitrogens with zero attached hydrogens (tertiary/aromatic N) is 2. The van der Waals surface area contributed by atoms with E-state index in [2.05, 4.69) is 167 Å². The van der Waals surface area contributed by atoms with Crippen LogP contribution in [0, 0.1) is 22.9 Å². The Morgan fingerprint density at radius 2 is 0.741 bits per heavy atom. The number of nitrogen functional groups attached to an aromatic ring is 2. The first-order valence-electron chi connectivity index (χ1n) is 20.2. The minimum atomic E-state index is -2.11. The summed E-state index contributed by atoms with van der Waals surface area (Å²) in [6.07, 6.45) is 0. The summed E-state index contributed by atoms with van der Waals surface area (Å²) in [5.74, 6) is 7.65. The van der Waals surface area contributed by atoms with Crippen molar-refractivity contribution in [2.45, 2.75) is 128 Å². The Morgan fingerprint density at radius 1 is 0.463 bits per heavy atom. The SMILES string of the molecule is CC(C)[Si](C#Cc1c(N)c(N)c(C#C[Si](C(C)C)(C(C)C)C(C)C)c2nc3cc4c(cc3nc12)C1c2ccccc2C4c2ccccc21)(C(C)C)C(C)C. The summed E-state index contributed by atoms with van der Waals surface area (Å²) in [7, 11) is -4.21. The molecule has 2 bridgehead atoms. The molecule has 0 atom stereocenters. The van der Waals surface area contributed by atoms with Crippen molar-refractivity contribution < 1.29 is 0 Å². The standard InChI is InChI=1S/C48H58N4Si2/c1-27(2)53(28(3)4,29(5)6)23-21-37-45(49)46(50)38(22-24-54(30(7)8,31(9)10)32(11)12)48-47(37)51-41-25-39-40(26-42(41)52-48)44-35-19-15-13-17-33(35)43(39)34-18-14-16-20-36(34)44/h13-20,25-32,43-44H,49-50H2,1-12H3. The molecule has 0 spiro atoms. The summed E-state index contributed by atoms with van der Waals surface area (Å²) in [6, 6.07) is 22.4. The lowest BCUT2D eigenvalue weighted by Crippen LogP contribution is -2.43. The second-order valence-electron chi connectivity index (χ2n) is 17.9. The molecule has 1 heterocycles. The third-order valence-corrected chi connectivity index (χ3v) is 26.1. The number of benzene rings is 4. The van der Waals surface area contributed by atoms with E-state index in [1.54, 1.807) is 0 Å². The van der Waals surface area contributed by atoms with Crippen molar-refractivity contribution in [2.75, 3.05) is 11.5 Å². The molecule has 0 saturated heterocycles. The first kappa shape index (κ1) is 37.9. The van der Waals surface area contributed by atoms with E-state index in [1.807, 2.05) is 0 Å². The molecule has 0 fully saturated rings. The van der Waals surface area contributed by atoms with Gasteiger partial charge in [0.25, 0.3) is 0 Å². The number of fused-ring (bicyclic) bond motifs is 2. The van der Waals surface area contributed by atoms with Gasteiger partial charge < -0.3 is 11.5 Å². The molecule has 6 heteroatoms. The maximum absolute atomic E-state index is 7.10. The summed E-state index contributed by atoms with van der Waals surface area (Å²) in [5.41, 5.74) is 38.5. The predicted molar refractivity (Wildman–Crippen MR) is 236 cm³/mol. The lowest BCUT2D eigenvalue weighted by molar-refractivity contribution is 0.756. The Morgan fingerprint density at radius 3 is 1.00 bits per heavy atom. The Kier molecular flexibility index (Phi) is 9.65. The van der Waals surface area contributed by atoms with E-state index in [0.717, 1.165) is 11.0 Å². The molecule has 3 aliphatic rings. The van der Waals surface area contributed by atoms with Crippen LogP contribution in [0.15, 0.2) is 60.7 Å². The van der Waals surface area contributed by atoms with Crippen LogP contribution >= 0.6 is 0 Å². The Labute approximate surface area is 326 Å². The lowest BCUT2D eigenvalue weighted by atomic mass is 9.61. The maximum atomic E-state index is 7.10. The zero-order valence-electron chi connectivity index (χ0n) is 34.4. The van der Waals surface area contributed by atoms with Crippen LogP contribution in [0.25, 0.3) is 22.1 Å². The zero-order chi connectivity index (χ0) is 39.0. The van der Waals surface area contributed by atoms with Crippen molar-refractivity contribution in [1.82, 2.24) is 9.97 Å². The van der Waals surface area contributed by atoms with Crippen molar-refractivity contribution in [1.29, 1.82) is 0 Å². The van der Waals surface area contributed by atoms with E-state index in [9.17, 15) is 0 Å². The van der Waals surface area contributed by atoms with E-state index < -0.39 is 16.1 Å². The van der Waals surface area contributed by atoms with Gasteiger partial charge in [0, 0.05) is 11.8 Å². The molecule has 0 aliphatic heterocycles. The largest absolute Gasteiger partial charge is 0.396 e. The van der Waals surface area contributed by atoms with Gasteiger partial charge in [-0.1, -0.05) is 143 Å². The topological polar surface area (TPSA) is 77.8 Å². The minimum absolute atomic E-state index is 0.146. The lowest BCUT2D eigenvalue weighted by Gasteiger charge is -2.42. The van der Waals surface area contributed by atoms with Crippen molar-refractivity contribution in [3.8, 4) is 22.9 Å². The number of aromatic nitrogens is 2. The smallest absolute Gasteiger partial charge is 0.146 e. The fraction of sp³-hybridized carbons (Fsp3) is 0.417. The van der Waals surface area contributed by atoms with Crippen LogP contribution in [0.1, 0.15) is 139 Å². The highest BCUT2D eigenvalue weighted by atomic mass is 28.3. The van der Waals surface area contributed by atoms with Gasteiger partial charge in [-0.2, -0.15) is 0 Å². The highest BCUT2D eigenvalue weighted by molar-refractivity contribution is 6.91. The Balaban J connectivity index is 1.56. The third-order valence-electron chi connectivity index (χ3n) is 13.6. The van der Waals surface area contributed by atoms with Gasteiger partial charge >= 0.3 is 0 Å². The van der Waals surface area contributed by atoms with Crippen molar-refractivity contribution >= 4 is 49.6 Å². The molecule has 4 aromatic carbocycles. The maximum Gasteiger partial charge on any atom is 0.146 e. The van der Waals surface area contributed by atoms with Crippen LogP contribution in [-0.4, -0.2) is 26.1 Å². The number of nitrogens with two attached hydrogens (primary N) is 2. The highest BCUT2D eigenvalue weighted by Gasteiger charge is 2.44. The van der Waals surface area contributed by atoms with Gasteiger partial charge in [0.1, 0.15) is 27.2 Å². The molecular weight excluding hydrogens is 689 g/mol. The zero-order valence-corrected chi connectivity index (χ0v) is 36.4.